The van der Waals surface area contributed by atoms with Crippen molar-refractivity contribution < 1.29 is 4.79 Å². The lowest BCUT2D eigenvalue weighted by Gasteiger charge is -2.32. The Morgan fingerprint density at radius 3 is 3.00 bits per heavy atom. The van der Waals surface area contributed by atoms with Gasteiger partial charge in [-0.2, -0.15) is 0 Å². The zero-order valence-corrected chi connectivity index (χ0v) is 15.0. The fourth-order valence-electron chi connectivity index (χ4n) is 4.04. The molecule has 24 heavy (non-hydrogen) atoms. The third kappa shape index (κ3) is 2.89. The second-order valence-corrected chi connectivity index (χ2v) is 7.99. The van der Waals surface area contributed by atoms with E-state index in [1.807, 2.05) is 7.05 Å². The van der Waals surface area contributed by atoms with Gasteiger partial charge in [0.05, 0.1) is 4.88 Å². The summed E-state index contributed by atoms with van der Waals surface area (Å²) in [6.45, 7) is 2.79. The molecule has 2 heterocycles. The lowest BCUT2D eigenvalue weighted by Crippen LogP contribution is -2.42. The maximum Gasteiger partial charge on any atom is 0.263 e. The van der Waals surface area contributed by atoms with Crippen LogP contribution in [0.4, 0.5) is 0 Å². The molecule has 0 spiro atoms. The van der Waals surface area contributed by atoms with E-state index in [2.05, 4.69) is 40.5 Å². The number of amides is 1. The molecule has 1 fully saturated rings. The number of carbonyl (C=O) groups excluding carboxylic acids is 1. The molecule has 1 N–H and O–H groups in total. The highest BCUT2D eigenvalue weighted by Gasteiger charge is 2.27. The molecule has 1 aliphatic heterocycles. The maximum absolute atomic E-state index is 13.0. The van der Waals surface area contributed by atoms with E-state index in [9.17, 15) is 4.79 Å². The first-order valence-corrected chi connectivity index (χ1v) is 9.73. The van der Waals surface area contributed by atoms with Gasteiger partial charge in [0, 0.05) is 18.0 Å². The van der Waals surface area contributed by atoms with E-state index >= 15 is 0 Å². The third-order valence-corrected chi connectivity index (χ3v) is 6.44. The second kappa shape index (κ2) is 6.69. The van der Waals surface area contributed by atoms with Crippen LogP contribution in [0.25, 0.3) is 10.4 Å². The number of nitrogens with zero attached hydrogens (tertiary/aromatic N) is 1. The van der Waals surface area contributed by atoms with Gasteiger partial charge in [-0.1, -0.05) is 24.3 Å². The van der Waals surface area contributed by atoms with Gasteiger partial charge in [-0.25, -0.2) is 0 Å². The number of piperidine rings is 1. The molecule has 1 aliphatic carbocycles. The smallest absolute Gasteiger partial charge is 0.263 e. The zero-order valence-electron chi connectivity index (χ0n) is 14.2. The average Bonchev–Trinajstić information content (AvgIpc) is 3.06. The topological polar surface area (TPSA) is 32.3 Å². The fraction of sp³-hybridized carbons (Fsp3) is 0.450. The monoisotopic (exact) mass is 340 g/mol. The Balaban J connectivity index is 1.58. The van der Waals surface area contributed by atoms with Crippen molar-refractivity contribution in [3.05, 3.63) is 46.3 Å². The van der Waals surface area contributed by atoms with Crippen LogP contribution >= 0.6 is 11.3 Å². The van der Waals surface area contributed by atoms with Crippen molar-refractivity contribution in [3.8, 4) is 10.4 Å². The van der Waals surface area contributed by atoms with Crippen molar-refractivity contribution in [2.75, 3.05) is 26.7 Å². The first kappa shape index (κ1) is 15.9. The lowest BCUT2D eigenvalue weighted by atomic mass is 9.91. The first-order valence-electron chi connectivity index (χ1n) is 8.91. The van der Waals surface area contributed by atoms with E-state index in [0.29, 0.717) is 5.92 Å². The van der Waals surface area contributed by atoms with Gasteiger partial charge in [-0.15, -0.1) is 11.3 Å². The van der Waals surface area contributed by atoms with Crippen molar-refractivity contribution in [1.82, 2.24) is 10.2 Å². The second-order valence-electron chi connectivity index (χ2n) is 6.94. The summed E-state index contributed by atoms with van der Waals surface area (Å²) in [4.78, 5) is 17.3. The third-order valence-electron chi connectivity index (χ3n) is 5.24. The van der Waals surface area contributed by atoms with Gasteiger partial charge in [0.2, 0.25) is 0 Å². The molecule has 2 aromatic rings. The van der Waals surface area contributed by atoms with Gasteiger partial charge >= 0.3 is 0 Å². The van der Waals surface area contributed by atoms with E-state index in [1.165, 1.54) is 28.0 Å². The molecular weight excluding hydrogens is 316 g/mol. The highest BCUT2D eigenvalue weighted by atomic mass is 32.1. The molecule has 1 aromatic carbocycles. The van der Waals surface area contributed by atoms with Gasteiger partial charge in [-0.05, 0) is 68.0 Å². The molecule has 2 aliphatic rings. The van der Waals surface area contributed by atoms with Crippen LogP contribution in [0.3, 0.4) is 0 Å². The number of thiophene rings is 1. The van der Waals surface area contributed by atoms with Crippen molar-refractivity contribution >= 4 is 17.2 Å². The molecule has 126 valence electrons. The Hall–Kier alpha value is -1.65. The molecule has 3 nitrogen and oxygen atoms in total. The van der Waals surface area contributed by atoms with Crippen LogP contribution in [0.15, 0.2) is 30.3 Å². The van der Waals surface area contributed by atoms with Gasteiger partial charge in [0.25, 0.3) is 5.91 Å². The van der Waals surface area contributed by atoms with Crippen molar-refractivity contribution in [1.29, 1.82) is 0 Å². The van der Waals surface area contributed by atoms with Crippen LogP contribution in [0, 0.1) is 5.92 Å². The minimum Gasteiger partial charge on any atom is -0.338 e. The quantitative estimate of drug-likeness (QED) is 0.926. The van der Waals surface area contributed by atoms with E-state index < -0.39 is 0 Å². The molecule has 1 atom stereocenters. The zero-order chi connectivity index (χ0) is 16.5. The van der Waals surface area contributed by atoms with Crippen molar-refractivity contribution in [2.45, 2.75) is 25.7 Å². The number of hydrogen-bond acceptors (Lipinski definition) is 3. The van der Waals surface area contributed by atoms with E-state index in [-0.39, 0.29) is 5.91 Å². The van der Waals surface area contributed by atoms with Crippen LogP contribution in [0.5, 0.6) is 0 Å². The number of aryl methyl sites for hydroxylation is 2. The highest BCUT2D eigenvalue weighted by molar-refractivity contribution is 7.17. The summed E-state index contributed by atoms with van der Waals surface area (Å²) in [6, 6.07) is 10.8. The number of likely N-dealkylation sites (tertiary alicyclic amines) is 1. The summed E-state index contributed by atoms with van der Waals surface area (Å²) in [5.41, 5.74) is 4.10. The molecule has 4 heteroatoms. The van der Waals surface area contributed by atoms with Gasteiger partial charge in [0.1, 0.15) is 0 Å². The molecule has 1 amide bonds. The summed E-state index contributed by atoms with van der Waals surface area (Å²) in [6.07, 6.45) is 4.48. The normalized spacial score (nSPS) is 19.7. The largest absolute Gasteiger partial charge is 0.338 e. The Bertz CT molecular complexity index is 750. The first-order chi connectivity index (χ1) is 11.8. The number of hydrogen-bond donors (Lipinski definition) is 1. The molecule has 1 unspecified atom stereocenters. The Morgan fingerprint density at radius 1 is 1.29 bits per heavy atom. The molecule has 0 radical (unpaired) electrons. The molecular formula is C20H24N2OS. The summed E-state index contributed by atoms with van der Waals surface area (Å²) in [7, 11) is 1.99. The summed E-state index contributed by atoms with van der Waals surface area (Å²) >= 11 is 1.69. The molecule has 0 saturated carbocycles. The van der Waals surface area contributed by atoms with Crippen LogP contribution in [-0.4, -0.2) is 37.5 Å². The Labute approximate surface area is 147 Å². The molecule has 4 rings (SSSR count). The summed E-state index contributed by atoms with van der Waals surface area (Å²) < 4.78 is 0. The number of carbonyl (C=O) groups is 1. The number of benzene rings is 1. The van der Waals surface area contributed by atoms with Crippen molar-refractivity contribution in [3.63, 3.8) is 0 Å². The minimum absolute atomic E-state index is 0.229. The molecule has 0 bridgehead atoms. The lowest BCUT2D eigenvalue weighted by molar-refractivity contribution is 0.0679. The molecule has 1 aromatic heterocycles. The Kier molecular flexibility index (Phi) is 4.42. The van der Waals surface area contributed by atoms with Gasteiger partial charge in [-0.3, -0.25) is 4.79 Å². The maximum atomic E-state index is 13.0. The standard InChI is InChI=1S/C20H24N2OS/c1-21-12-14-5-4-10-22(13-14)20(23)18-11-16-9-8-15-6-2-3-7-17(15)19(16)24-18/h2-3,6-7,11,14,21H,4-5,8-10,12-13H2,1H3. The predicted octanol–water partition coefficient (Wildman–Crippen LogP) is 3.59. The number of rotatable bonds is 3. The van der Waals surface area contributed by atoms with Crippen LogP contribution < -0.4 is 5.32 Å². The SMILES string of the molecule is CNCC1CCCN(C(=O)c2cc3c(s2)-c2ccccc2CC3)C1. The number of nitrogens with one attached hydrogen (secondary N) is 1. The van der Waals surface area contributed by atoms with E-state index in [0.717, 1.165) is 43.8 Å². The highest BCUT2D eigenvalue weighted by Crippen LogP contribution is 2.40. The summed E-state index contributed by atoms with van der Waals surface area (Å²) in [5.74, 6) is 0.815. The van der Waals surface area contributed by atoms with Crippen LogP contribution in [0.1, 0.15) is 33.6 Å². The van der Waals surface area contributed by atoms with E-state index in [1.54, 1.807) is 11.3 Å². The van der Waals surface area contributed by atoms with E-state index in [4.69, 9.17) is 0 Å². The summed E-state index contributed by atoms with van der Waals surface area (Å²) in [5, 5.41) is 3.25. The average molecular weight is 340 g/mol. The Morgan fingerprint density at radius 2 is 2.12 bits per heavy atom. The molecule has 1 saturated heterocycles. The fourth-order valence-corrected chi connectivity index (χ4v) is 5.28. The van der Waals surface area contributed by atoms with Crippen LogP contribution in [-0.2, 0) is 12.8 Å². The van der Waals surface area contributed by atoms with Crippen molar-refractivity contribution in [2.24, 2.45) is 5.92 Å². The number of fused-ring (bicyclic) bond motifs is 3. The van der Waals surface area contributed by atoms with Crippen LogP contribution in [0.2, 0.25) is 0 Å². The minimum atomic E-state index is 0.229. The van der Waals surface area contributed by atoms with Gasteiger partial charge in [0.15, 0.2) is 0 Å². The predicted molar refractivity (Wildman–Crippen MR) is 99.7 cm³/mol. The van der Waals surface area contributed by atoms with Gasteiger partial charge < -0.3 is 10.2 Å².